The molecule has 7 nitrogen and oxygen atoms in total. The van der Waals surface area contributed by atoms with Crippen molar-refractivity contribution in [3.63, 3.8) is 0 Å². The zero-order chi connectivity index (χ0) is 20.1. The van der Waals surface area contributed by atoms with Gasteiger partial charge in [0.2, 0.25) is 5.91 Å². The molecule has 1 aliphatic heterocycles. The topological polar surface area (TPSA) is 92.6 Å². The van der Waals surface area contributed by atoms with E-state index in [1.54, 1.807) is 23.3 Å². The third-order valence-corrected chi connectivity index (χ3v) is 5.53. The molecular weight excluding hydrogens is 378 g/mol. The molecule has 0 aromatic heterocycles. The van der Waals surface area contributed by atoms with Crippen LogP contribution in [-0.4, -0.2) is 41.0 Å². The monoisotopic (exact) mass is 399 g/mol. The number of rotatable bonds is 5. The van der Waals surface area contributed by atoms with Crippen LogP contribution in [0.25, 0.3) is 0 Å². The molecule has 1 aliphatic rings. The van der Waals surface area contributed by atoms with Crippen molar-refractivity contribution in [3.8, 4) is 0 Å². The summed E-state index contributed by atoms with van der Waals surface area (Å²) in [5.41, 5.74) is 0.918. The third-order valence-electron chi connectivity index (χ3n) is 4.74. The lowest BCUT2D eigenvalue weighted by atomic mass is 9.96. The first kappa shape index (κ1) is 19.9. The molecule has 3 rings (SSSR count). The highest BCUT2D eigenvalue weighted by molar-refractivity contribution is 7.98. The summed E-state index contributed by atoms with van der Waals surface area (Å²) in [7, 11) is 0. The van der Waals surface area contributed by atoms with Crippen molar-refractivity contribution in [1.29, 1.82) is 0 Å². The van der Waals surface area contributed by atoms with Crippen molar-refractivity contribution in [2.24, 2.45) is 5.92 Å². The van der Waals surface area contributed by atoms with Crippen molar-refractivity contribution in [2.75, 3.05) is 24.7 Å². The number of hydrogen-bond acceptors (Lipinski definition) is 5. The van der Waals surface area contributed by atoms with Crippen LogP contribution in [0.15, 0.2) is 53.4 Å². The summed E-state index contributed by atoms with van der Waals surface area (Å²) in [6.07, 6.45) is 3.17. The van der Waals surface area contributed by atoms with E-state index in [-0.39, 0.29) is 29.0 Å². The van der Waals surface area contributed by atoms with E-state index in [9.17, 15) is 19.7 Å². The van der Waals surface area contributed by atoms with Gasteiger partial charge in [-0.2, -0.15) is 0 Å². The largest absolute Gasteiger partial charge is 0.338 e. The van der Waals surface area contributed by atoms with Crippen molar-refractivity contribution < 1.29 is 14.5 Å². The molecule has 0 saturated carbocycles. The summed E-state index contributed by atoms with van der Waals surface area (Å²) < 4.78 is 0. The maximum absolute atomic E-state index is 12.9. The number of nitro benzene ring substituents is 1. The summed E-state index contributed by atoms with van der Waals surface area (Å²) in [4.78, 5) is 38.3. The minimum absolute atomic E-state index is 0.0752. The summed E-state index contributed by atoms with van der Waals surface area (Å²) in [5.74, 6) is -0.710. The molecule has 0 spiro atoms. The number of nitrogens with one attached hydrogen (secondary N) is 1. The Hall–Kier alpha value is -2.87. The quantitative estimate of drug-likeness (QED) is 0.469. The van der Waals surface area contributed by atoms with E-state index in [2.05, 4.69) is 5.32 Å². The molecule has 1 N–H and O–H groups in total. The van der Waals surface area contributed by atoms with E-state index in [1.807, 2.05) is 30.3 Å². The minimum Gasteiger partial charge on any atom is -0.338 e. The maximum Gasteiger partial charge on any atom is 0.283 e. The van der Waals surface area contributed by atoms with Crippen LogP contribution in [0.1, 0.15) is 23.2 Å². The number of piperidine rings is 1. The summed E-state index contributed by atoms with van der Waals surface area (Å²) in [6.45, 7) is 0.835. The van der Waals surface area contributed by atoms with Gasteiger partial charge in [0.15, 0.2) is 0 Å². The lowest BCUT2D eigenvalue weighted by molar-refractivity contribution is -0.387. The SMILES string of the molecule is CSc1ccc(C(=O)N2CCCC(C(=O)Nc3ccccc3)C2)cc1[N+](=O)[O-]. The highest BCUT2D eigenvalue weighted by atomic mass is 32.2. The second-order valence-electron chi connectivity index (χ2n) is 6.59. The van der Waals surface area contributed by atoms with Crippen LogP contribution in [-0.2, 0) is 4.79 Å². The number of para-hydroxylation sites is 1. The Morgan fingerprint density at radius 3 is 2.64 bits per heavy atom. The second kappa shape index (κ2) is 8.88. The van der Waals surface area contributed by atoms with Crippen molar-refractivity contribution in [1.82, 2.24) is 4.90 Å². The molecule has 1 saturated heterocycles. The highest BCUT2D eigenvalue weighted by Gasteiger charge is 2.30. The molecule has 1 unspecified atom stereocenters. The Labute approximate surface area is 167 Å². The van der Waals surface area contributed by atoms with Crippen LogP contribution in [0.3, 0.4) is 0 Å². The zero-order valence-corrected chi connectivity index (χ0v) is 16.3. The minimum atomic E-state index is -0.477. The molecule has 1 fully saturated rings. The highest BCUT2D eigenvalue weighted by Crippen LogP contribution is 2.29. The molecule has 0 bridgehead atoms. The van der Waals surface area contributed by atoms with Crippen LogP contribution in [0.4, 0.5) is 11.4 Å². The number of carbonyl (C=O) groups is 2. The van der Waals surface area contributed by atoms with Gasteiger partial charge in [0, 0.05) is 30.4 Å². The van der Waals surface area contributed by atoms with Gasteiger partial charge in [-0.15, -0.1) is 11.8 Å². The van der Waals surface area contributed by atoms with E-state index < -0.39 is 4.92 Å². The number of carbonyl (C=O) groups excluding carboxylic acids is 2. The number of amides is 2. The summed E-state index contributed by atoms with van der Waals surface area (Å²) >= 11 is 1.27. The Bertz CT molecular complexity index is 888. The molecule has 28 heavy (non-hydrogen) atoms. The molecule has 146 valence electrons. The van der Waals surface area contributed by atoms with Crippen molar-refractivity contribution in [3.05, 3.63) is 64.2 Å². The standard InChI is InChI=1S/C20H21N3O4S/c1-28-18-10-9-14(12-17(18)23(26)27)20(25)22-11-5-6-15(13-22)19(24)21-16-7-3-2-4-8-16/h2-4,7-10,12,15H,5-6,11,13H2,1H3,(H,21,24). The van der Waals surface area contributed by atoms with Gasteiger partial charge >= 0.3 is 0 Å². The van der Waals surface area contributed by atoms with Crippen LogP contribution in [0.5, 0.6) is 0 Å². The summed E-state index contributed by atoms with van der Waals surface area (Å²) in [6, 6.07) is 13.7. The number of anilines is 1. The average molecular weight is 399 g/mol. The Kier molecular flexibility index (Phi) is 6.30. The van der Waals surface area contributed by atoms with Gasteiger partial charge in [0.05, 0.1) is 15.7 Å². The molecule has 0 radical (unpaired) electrons. The molecule has 8 heteroatoms. The van der Waals surface area contributed by atoms with E-state index in [0.717, 1.165) is 5.69 Å². The van der Waals surface area contributed by atoms with E-state index in [1.165, 1.54) is 17.8 Å². The van der Waals surface area contributed by atoms with E-state index >= 15 is 0 Å². The molecule has 2 aromatic carbocycles. The number of benzene rings is 2. The zero-order valence-electron chi connectivity index (χ0n) is 15.5. The van der Waals surface area contributed by atoms with Crippen molar-refractivity contribution in [2.45, 2.75) is 17.7 Å². The average Bonchev–Trinajstić information content (AvgIpc) is 2.73. The molecule has 0 aliphatic carbocycles. The van der Waals surface area contributed by atoms with Crippen LogP contribution < -0.4 is 5.32 Å². The predicted octanol–water partition coefficient (Wildman–Crippen LogP) is 3.81. The first-order valence-electron chi connectivity index (χ1n) is 8.97. The van der Waals surface area contributed by atoms with E-state index in [4.69, 9.17) is 0 Å². The van der Waals surface area contributed by atoms with E-state index in [0.29, 0.717) is 30.8 Å². The second-order valence-corrected chi connectivity index (χ2v) is 7.44. The van der Waals surface area contributed by atoms with Crippen LogP contribution >= 0.6 is 11.8 Å². The fourth-order valence-corrected chi connectivity index (χ4v) is 3.84. The molecular formula is C20H21N3O4S. The predicted molar refractivity (Wildman–Crippen MR) is 109 cm³/mol. The van der Waals surface area contributed by atoms with Gasteiger partial charge < -0.3 is 10.2 Å². The van der Waals surface area contributed by atoms with Crippen LogP contribution in [0, 0.1) is 16.0 Å². The normalized spacial score (nSPS) is 16.5. The van der Waals surface area contributed by atoms with Crippen molar-refractivity contribution >= 4 is 35.0 Å². The molecule has 2 aromatic rings. The number of nitro groups is 1. The number of nitrogens with zero attached hydrogens (tertiary/aromatic N) is 2. The third kappa shape index (κ3) is 4.51. The first-order chi connectivity index (χ1) is 13.5. The Morgan fingerprint density at radius 1 is 1.21 bits per heavy atom. The lowest BCUT2D eigenvalue weighted by Gasteiger charge is -2.32. The van der Waals surface area contributed by atoms with Crippen LogP contribution in [0.2, 0.25) is 0 Å². The lowest BCUT2D eigenvalue weighted by Crippen LogP contribution is -2.43. The van der Waals surface area contributed by atoms with Gasteiger partial charge in [-0.25, -0.2) is 0 Å². The van der Waals surface area contributed by atoms with Gasteiger partial charge in [-0.05, 0) is 43.4 Å². The fourth-order valence-electron chi connectivity index (χ4n) is 3.29. The fraction of sp³-hybridized carbons (Fsp3) is 0.300. The smallest absolute Gasteiger partial charge is 0.283 e. The number of likely N-dealkylation sites (tertiary alicyclic amines) is 1. The first-order valence-corrected chi connectivity index (χ1v) is 10.2. The van der Waals surface area contributed by atoms with Gasteiger partial charge in [0.1, 0.15) is 0 Å². The number of thioether (sulfide) groups is 1. The summed E-state index contributed by atoms with van der Waals surface area (Å²) in [5, 5.41) is 14.1. The Balaban J connectivity index is 1.71. The Morgan fingerprint density at radius 2 is 1.96 bits per heavy atom. The maximum atomic E-state index is 12.9. The molecule has 2 amide bonds. The van der Waals surface area contributed by atoms with Gasteiger partial charge in [-0.3, -0.25) is 19.7 Å². The molecule has 1 heterocycles. The van der Waals surface area contributed by atoms with Gasteiger partial charge in [-0.1, -0.05) is 18.2 Å². The number of hydrogen-bond donors (Lipinski definition) is 1. The van der Waals surface area contributed by atoms with Gasteiger partial charge in [0.25, 0.3) is 11.6 Å². The molecule has 1 atom stereocenters.